The molecule has 0 fully saturated rings. The van der Waals surface area contributed by atoms with E-state index in [9.17, 15) is 9.90 Å². The van der Waals surface area contributed by atoms with Crippen LogP contribution in [-0.2, 0) is 4.79 Å². The summed E-state index contributed by atoms with van der Waals surface area (Å²) in [7, 11) is 0. The summed E-state index contributed by atoms with van der Waals surface area (Å²) >= 11 is 0. The van der Waals surface area contributed by atoms with Gasteiger partial charge in [0.2, 0.25) is 0 Å². The van der Waals surface area contributed by atoms with Crippen molar-refractivity contribution in [2.24, 2.45) is 0 Å². The number of rotatable bonds is 5. The Morgan fingerprint density at radius 1 is 1.64 bits per heavy atom. The monoisotopic (exact) mass is 160 g/mol. The fourth-order valence-electron chi connectivity index (χ4n) is 0.814. The van der Waals surface area contributed by atoms with Crippen molar-refractivity contribution < 1.29 is 15.0 Å². The molecule has 0 atom stereocenters. The Morgan fingerprint density at radius 3 is 2.45 bits per heavy atom. The van der Waals surface area contributed by atoms with Crippen LogP contribution in [0.2, 0.25) is 0 Å². The van der Waals surface area contributed by atoms with E-state index in [4.69, 9.17) is 5.11 Å². The highest BCUT2D eigenvalue weighted by Gasteiger charge is 2.07. The summed E-state index contributed by atoms with van der Waals surface area (Å²) in [5, 5.41) is 18.7. The summed E-state index contributed by atoms with van der Waals surface area (Å²) in [6, 6.07) is 0.125. The third kappa shape index (κ3) is 4.75. The fraction of sp³-hybridized carbons (Fsp3) is 0.857. The maximum absolute atomic E-state index is 10.2. The Kier molecular flexibility index (Phi) is 4.81. The maximum Gasteiger partial charge on any atom is 0.0558 e. The number of aliphatic carboxylic acids is 1. The molecule has 0 aromatic carbocycles. The molecule has 4 heteroatoms. The Bertz CT molecular complexity index is 125. The van der Waals surface area contributed by atoms with E-state index in [1.807, 2.05) is 13.8 Å². The normalized spacial score (nSPS) is 11.0. The van der Waals surface area contributed by atoms with Gasteiger partial charge in [0.15, 0.2) is 0 Å². The van der Waals surface area contributed by atoms with E-state index in [1.165, 1.54) is 0 Å². The molecule has 0 aromatic rings. The zero-order chi connectivity index (χ0) is 8.85. The first-order chi connectivity index (χ1) is 5.07. The zero-order valence-electron chi connectivity index (χ0n) is 6.91. The van der Waals surface area contributed by atoms with Gasteiger partial charge in [0.05, 0.1) is 12.6 Å². The molecule has 0 heterocycles. The van der Waals surface area contributed by atoms with Crippen LogP contribution in [0.3, 0.4) is 0 Å². The van der Waals surface area contributed by atoms with Crippen LogP contribution in [0, 0.1) is 0 Å². The van der Waals surface area contributed by atoms with Gasteiger partial charge in [-0.05, 0) is 13.8 Å². The van der Waals surface area contributed by atoms with Gasteiger partial charge in [0.1, 0.15) is 0 Å². The molecular weight excluding hydrogens is 146 g/mol. The molecule has 0 aliphatic rings. The van der Waals surface area contributed by atoms with Crippen LogP contribution < -0.4 is 5.11 Å². The predicted octanol–water partition coefficient (Wildman–Crippen LogP) is -1.56. The number of hydrogen-bond acceptors (Lipinski definition) is 4. The Labute approximate surface area is 66.4 Å². The summed E-state index contributed by atoms with van der Waals surface area (Å²) in [5.74, 6) is -1.10. The molecule has 0 spiro atoms. The van der Waals surface area contributed by atoms with E-state index in [-0.39, 0.29) is 19.2 Å². The maximum atomic E-state index is 10.2. The Hall–Kier alpha value is -0.610. The largest absolute Gasteiger partial charge is 0.549 e. The van der Waals surface area contributed by atoms with Crippen LogP contribution in [0.25, 0.3) is 0 Å². The number of carboxylic acid groups (broad SMARTS) is 1. The van der Waals surface area contributed by atoms with Gasteiger partial charge >= 0.3 is 0 Å². The first-order valence-corrected chi connectivity index (χ1v) is 3.62. The van der Waals surface area contributed by atoms with Crippen molar-refractivity contribution in [1.29, 1.82) is 0 Å². The number of carboxylic acids is 1. The summed E-state index contributed by atoms with van der Waals surface area (Å²) in [4.78, 5) is 11.8. The third-order valence-corrected chi connectivity index (χ3v) is 1.45. The number of aliphatic hydroxyl groups excluding tert-OH is 1. The minimum atomic E-state index is -1.10. The lowest BCUT2D eigenvalue weighted by atomic mass is 10.3. The molecule has 66 valence electrons. The number of carbonyl (C=O) groups excluding carboxylic acids is 1. The van der Waals surface area contributed by atoms with Gasteiger partial charge in [-0.15, -0.1) is 0 Å². The Morgan fingerprint density at radius 2 is 2.18 bits per heavy atom. The SMILES string of the molecule is CC(C)N(CCO)CC(=O)[O-]. The van der Waals surface area contributed by atoms with Crippen molar-refractivity contribution in [3.05, 3.63) is 0 Å². The molecule has 0 unspecified atom stereocenters. The molecule has 0 aliphatic carbocycles. The molecule has 0 aromatic heterocycles. The van der Waals surface area contributed by atoms with Crippen LogP contribution in [0.1, 0.15) is 13.8 Å². The summed E-state index contributed by atoms with van der Waals surface area (Å²) in [5.41, 5.74) is 0. The minimum Gasteiger partial charge on any atom is -0.549 e. The first-order valence-electron chi connectivity index (χ1n) is 3.62. The van der Waals surface area contributed by atoms with Gasteiger partial charge in [-0.1, -0.05) is 0 Å². The van der Waals surface area contributed by atoms with Crippen molar-refractivity contribution in [3.8, 4) is 0 Å². The quantitative estimate of drug-likeness (QED) is 0.528. The van der Waals surface area contributed by atoms with Crippen molar-refractivity contribution in [2.45, 2.75) is 19.9 Å². The average Bonchev–Trinajstić information content (AvgIpc) is 1.86. The molecule has 0 saturated heterocycles. The molecule has 4 nitrogen and oxygen atoms in total. The number of carbonyl (C=O) groups is 1. The molecule has 0 bridgehead atoms. The summed E-state index contributed by atoms with van der Waals surface area (Å²) < 4.78 is 0. The first kappa shape index (κ1) is 10.4. The van der Waals surface area contributed by atoms with E-state index in [1.54, 1.807) is 4.90 Å². The number of nitrogens with zero attached hydrogens (tertiary/aromatic N) is 1. The predicted molar refractivity (Wildman–Crippen MR) is 38.8 cm³/mol. The van der Waals surface area contributed by atoms with Crippen LogP contribution in [0.4, 0.5) is 0 Å². The van der Waals surface area contributed by atoms with Crippen molar-refractivity contribution in [3.63, 3.8) is 0 Å². The molecule has 1 N–H and O–H groups in total. The van der Waals surface area contributed by atoms with Crippen LogP contribution >= 0.6 is 0 Å². The topological polar surface area (TPSA) is 63.6 Å². The summed E-state index contributed by atoms with van der Waals surface area (Å²) in [6.45, 7) is 3.99. The van der Waals surface area contributed by atoms with Crippen LogP contribution in [0.15, 0.2) is 0 Å². The smallest absolute Gasteiger partial charge is 0.0558 e. The molecule has 0 amide bonds. The fourth-order valence-corrected chi connectivity index (χ4v) is 0.814. The molecular formula is C7H14NO3-. The van der Waals surface area contributed by atoms with E-state index in [0.717, 1.165) is 0 Å². The lowest BCUT2D eigenvalue weighted by Crippen LogP contribution is -2.42. The third-order valence-electron chi connectivity index (χ3n) is 1.45. The van der Waals surface area contributed by atoms with Crippen LogP contribution in [0.5, 0.6) is 0 Å². The van der Waals surface area contributed by atoms with E-state index in [2.05, 4.69) is 0 Å². The summed E-state index contributed by atoms with van der Waals surface area (Å²) in [6.07, 6.45) is 0. The molecule has 11 heavy (non-hydrogen) atoms. The van der Waals surface area contributed by atoms with Crippen LogP contribution in [-0.4, -0.2) is 41.7 Å². The highest BCUT2D eigenvalue weighted by Crippen LogP contribution is 1.95. The van der Waals surface area contributed by atoms with E-state index in [0.29, 0.717) is 6.54 Å². The van der Waals surface area contributed by atoms with E-state index >= 15 is 0 Å². The second-order valence-corrected chi connectivity index (χ2v) is 2.66. The van der Waals surface area contributed by atoms with Gasteiger partial charge in [0.25, 0.3) is 0 Å². The number of hydrogen-bond donors (Lipinski definition) is 1. The number of aliphatic hydroxyl groups is 1. The standard InChI is InChI=1S/C7H15NO3/c1-6(2)8(3-4-9)5-7(10)11/h6,9H,3-5H2,1-2H3,(H,10,11)/p-1. The molecule has 0 aliphatic heterocycles. The second kappa shape index (κ2) is 5.09. The van der Waals surface area contributed by atoms with Gasteiger partial charge < -0.3 is 15.0 Å². The van der Waals surface area contributed by atoms with Gasteiger partial charge in [-0.2, -0.15) is 0 Å². The molecule has 0 saturated carbocycles. The van der Waals surface area contributed by atoms with Gasteiger partial charge in [-0.3, -0.25) is 4.90 Å². The van der Waals surface area contributed by atoms with Crippen molar-refractivity contribution in [1.82, 2.24) is 4.90 Å². The highest BCUT2D eigenvalue weighted by atomic mass is 16.4. The van der Waals surface area contributed by atoms with Gasteiger partial charge in [0, 0.05) is 19.1 Å². The molecule has 0 radical (unpaired) electrons. The zero-order valence-corrected chi connectivity index (χ0v) is 6.91. The lowest BCUT2D eigenvalue weighted by molar-refractivity contribution is -0.306. The second-order valence-electron chi connectivity index (χ2n) is 2.66. The average molecular weight is 160 g/mol. The van der Waals surface area contributed by atoms with Gasteiger partial charge in [-0.25, -0.2) is 0 Å². The minimum absolute atomic E-state index is 0.0224. The Balaban J connectivity index is 3.79. The van der Waals surface area contributed by atoms with E-state index < -0.39 is 5.97 Å². The van der Waals surface area contributed by atoms with Crippen molar-refractivity contribution >= 4 is 5.97 Å². The molecule has 0 rings (SSSR count). The lowest BCUT2D eigenvalue weighted by Gasteiger charge is -2.25. The highest BCUT2D eigenvalue weighted by molar-refractivity contribution is 5.66. The van der Waals surface area contributed by atoms with Crippen molar-refractivity contribution in [2.75, 3.05) is 19.7 Å².